The number of rotatable bonds is 15. The molecular weight excluding hydrogens is 296 g/mol. The van der Waals surface area contributed by atoms with Crippen molar-refractivity contribution in [3.63, 3.8) is 0 Å². The van der Waals surface area contributed by atoms with E-state index in [0.717, 1.165) is 6.42 Å². The van der Waals surface area contributed by atoms with E-state index in [1.54, 1.807) is 0 Å². The summed E-state index contributed by atoms with van der Waals surface area (Å²) in [5.74, 6) is -0.752. The van der Waals surface area contributed by atoms with Gasteiger partial charge in [0, 0.05) is 6.42 Å². The molecule has 24 heavy (non-hydrogen) atoms. The predicted octanol–water partition coefficient (Wildman–Crippen LogP) is 6.77. The molecule has 1 N–H and O–H groups in total. The average Bonchev–Trinajstić information content (AvgIpc) is 2.56. The smallest absolute Gasteiger partial charge is 0.303 e. The Hall–Kier alpha value is -1.83. The van der Waals surface area contributed by atoms with Gasteiger partial charge in [-0.3, -0.25) is 4.79 Å². The van der Waals surface area contributed by atoms with E-state index < -0.39 is 5.97 Å². The zero-order valence-corrected chi connectivity index (χ0v) is 15.2. The maximum atomic E-state index is 10.3. The van der Waals surface area contributed by atoms with E-state index in [9.17, 15) is 4.79 Å². The van der Waals surface area contributed by atoms with Crippen molar-refractivity contribution in [3.8, 4) is 0 Å². The minimum atomic E-state index is -0.752. The zero-order chi connectivity index (χ0) is 17.7. The Morgan fingerprint density at radius 1 is 0.667 bits per heavy atom. The van der Waals surface area contributed by atoms with Crippen molar-refractivity contribution < 1.29 is 9.90 Å². The summed E-state index contributed by atoms with van der Waals surface area (Å²) in [7, 11) is 0. The topological polar surface area (TPSA) is 37.3 Å². The summed E-state index contributed by atoms with van der Waals surface area (Å²) in [6.45, 7) is 2.21. The van der Waals surface area contributed by atoms with Crippen LogP contribution in [0.15, 0.2) is 60.8 Å². The highest BCUT2D eigenvalue weighted by Crippen LogP contribution is 2.07. The van der Waals surface area contributed by atoms with Crippen LogP contribution in [0.3, 0.4) is 0 Å². The molecule has 0 heterocycles. The second-order valence-electron chi connectivity index (χ2n) is 5.81. The number of unbranched alkanes of at least 4 members (excludes halogenated alkanes) is 6. The van der Waals surface area contributed by atoms with Crippen LogP contribution in [0.5, 0.6) is 0 Å². The molecule has 0 saturated heterocycles. The molecule has 0 amide bonds. The van der Waals surface area contributed by atoms with Crippen molar-refractivity contribution in [1.82, 2.24) is 0 Å². The normalized spacial score (nSPS) is 12.7. The maximum absolute atomic E-state index is 10.3. The zero-order valence-electron chi connectivity index (χ0n) is 15.2. The molecule has 0 saturated carbocycles. The molecule has 0 spiro atoms. The summed E-state index contributed by atoms with van der Waals surface area (Å²) in [5, 5.41) is 8.48. The van der Waals surface area contributed by atoms with Crippen molar-refractivity contribution in [2.24, 2.45) is 0 Å². The van der Waals surface area contributed by atoms with Gasteiger partial charge in [0.2, 0.25) is 0 Å². The molecule has 0 atom stereocenters. The van der Waals surface area contributed by atoms with E-state index in [4.69, 9.17) is 5.11 Å². The molecule has 2 heteroatoms. The van der Waals surface area contributed by atoms with E-state index in [-0.39, 0.29) is 6.42 Å². The van der Waals surface area contributed by atoms with Crippen molar-refractivity contribution in [1.29, 1.82) is 0 Å². The van der Waals surface area contributed by atoms with Crippen LogP contribution in [-0.4, -0.2) is 11.1 Å². The lowest BCUT2D eigenvalue weighted by Gasteiger charge is -1.96. The fourth-order valence-electron chi connectivity index (χ4n) is 2.09. The number of carboxylic acid groups (broad SMARTS) is 1. The molecular formula is C22H34O2. The van der Waals surface area contributed by atoms with Crippen LogP contribution >= 0.6 is 0 Å². The van der Waals surface area contributed by atoms with Gasteiger partial charge in [-0.25, -0.2) is 0 Å². The first-order valence-corrected chi connectivity index (χ1v) is 9.29. The standard InChI is InChI=1S/C22H34O2/c1-2-3-4-5-6-7-8-9-10-11-12-13-14-15-16-17-18-19-20-21-22(23)24/h4-5,12-19H,2-3,6-11,20-21H2,1H3,(H,23,24)/b5-4+,13-12+,15-14+,17-16+,19-18+. The van der Waals surface area contributed by atoms with Crippen LogP contribution in [0, 0.1) is 0 Å². The van der Waals surface area contributed by atoms with Gasteiger partial charge in [0.25, 0.3) is 0 Å². The van der Waals surface area contributed by atoms with Gasteiger partial charge in [0.1, 0.15) is 0 Å². The molecule has 0 radical (unpaired) electrons. The summed E-state index contributed by atoms with van der Waals surface area (Å²) in [4.78, 5) is 10.3. The molecule has 0 aliphatic heterocycles. The molecule has 0 unspecified atom stereocenters. The predicted molar refractivity (Wildman–Crippen MR) is 105 cm³/mol. The Morgan fingerprint density at radius 3 is 1.75 bits per heavy atom. The largest absolute Gasteiger partial charge is 0.481 e. The lowest BCUT2D eigenvalue weighted by molar-refractivity contribution is -0.136. The van der Waals surface area contributed by atoms with Crippen molar-refractivity contribution >= 4 is 5.97 Å². The lowest BCUT2D eigenvalue weighted by atomic mass is 10.1. The van der Waals surface area contributed by atoms with E-state index in [2.05, 4.69) is 31.2 Å². The SMILES string of the molecule is CCC/C=C/CCCCCC/C=C/C=C/C=C/C=C/CCC(=O)O. The second-order valence-corrected chi connectivity index (χ2v) is 5.81. The van der Waals surface area contributed by atoms with Crippen LogP contribution in [0.25, 0.3) is 0 Å². The third kappa shape index (κ3) is 20.2. The van der Waals surface area contributed by atoms with Gasteiger partial charge < -0.3 is 5.11 Å². The second kappa shape index (κ2) is 19.2. The van der Waals surface area contributed by atoms with Gasteiger partial charge in [-0.2, -0.15) is 0 Å². The van der Waals surface area contributed by atoms with Gasteiger partial charge >= 0.3 is 5.97 Å². The Kier molecular flexibility index (Phi) is 17.8. The number of carbonyl (C=O) groups is 1. The van der Waals surface area contributed by atoms with Crippen LogP contribution in [0.2, 0.25) is 0 Å². The summed E-state index contributed by atoms with van der Waals surface area (Å²) < 4.78 is 0. The molecule has 134 valence electrons. The van der Waals surface area contributed by atoms with E-state index in [1.165, 1.54) is 44.9 Å². The van der Waals surface area contributed by atoms with Crippen LogP contribution in [0.4, 0.5) is 0 Å². The van der Waals surface area contributed by atoms with Crippen molar-refractivity contribution in [3.05, 3.63) is 60.8 Å². The minimum absolute atomic E-state index is 0.193. The third-order valence-electron chi connectivity index (χ3n) is 3.47. The first kappa shape index (κ1) is 22.2. The van der Waals surface area contributed by atoms with Crippen molar-refractivity contribution in [2.45, 2.75) is 71.1 Å². The molecule has 0 aliphatic carbocycles. The van der Waals surface area contributed by atoms with Gasteiger partial charge in [0.05, 0.1) is 0 Å². The van der Waals surface area contributed by atoms with Gasteiger partial charge in [-0.05, 0) is 38.5 Å². The lowest BCUT2D eigenvalue weighted by Crippen LogP contribution is -1.91. The Balaban J connectivity index is 3.43. The first-order valence-electron chi connectivity index (χ1n) is 9.29. The highest BCUT2D eigenvalue weighted by atomic mass is 16.4. The summed E-state index contributed by atoms with van der Waals surface area (Å²) in [5.41, 5.74) is 0. The number of allylic oxidation sites excluding steroid dienone is 10. The molecule has 2 nitrogen and oxygen atoms in total. The first-order chi connectivity index (χ1) is 11.8. The van der Waals surface area contributed by atoms with Gasteiger partial charge in [-0.1, -0.05) is 86.9 Å². The van der Waals surface area contributed by atoms with E-state index >= 15 is 0 Å². The summed E-state index contributed by atoms with van der Waals surface area (Å²) in [6, 6.07) is 0. The molecule has 0 bridgehead atoms. The minimum Gasteiger partial charge on any atom is -0.481 e. The van der Waals surface area contributed by atoms with Crippen molar-refractivity contribution in [2.75, 3.05) is 0 Å². The van der Waals surface area contributed by atoms with Crippen LogP contribution < -0.4 is 0 Å². The Bertz CT molecular complexity index is 425. The molecule has 0 rings (SSSR count). The highest BCUT2D eigenvalue weighted by molar-refractivity contribution is 5.66. The van der Waals surface area contributed by atoms with Crippen LogP contribution in [-0.2, 0) is 4.79 Å². The maximum Gasteiger partial charge on any atom is 0.303 e. The summed E-state index contributed by atoms with van der Waals surface area (Å²) >= 11 is 0. The highest BCUT2D eigenvalue weighted by Gasteiger charge is 1.90. The van der Waals surface area contributed by atoms with E-state index in [0.29, 0.717) is 6.42 Å². The van der Waals surface area contributed by atoms with Gasteiger partial charge in [-0.15, -0.1) is 0 Å². The van der Waals surface area contributed by atoms with E-state index in [1.807, 2.05) is 36.5 Å². The number of aliphatic carboxylic acids is 1. The quantitative estimate of drug-likeness (QED) is 0.204. The molecule has 0 aromatic carbocycles. The van der Waals surface area contributed by atoms with Gasteiger partial charge in [0.15, 0.2) is 0 Å². The number of carboxylic acids is 1. The summed E-state index contributed by atoms with van der Waals surface area (Å²) in [6.07, 6.45) is 31.4. The molecule has 0 aromatic heterocycles. The molecule has 0 aliphatic rings. The Morgan fingerprint density at radius 2 is 1.17 bits per heavy atom. The average molecular weight is 331 g/mol. The number of hydrogen-bond acceptors (Lipinski definition) is 1. The van der Waals surface area contributed by atoms with Crippen LogP contribution in [0.1, 0.15) is 71.1 Å². The fraction of sp³-hybridized carbons (Fsp3) is 0.500. The molecule has 0 aromatic rings. The molecule has 0 fully saturated rings. The third-order valence-corrected chi connectivity index (χ3v) is 3.47. The number of hydrogen-bond donors (Lipinski definition) is 1. The Labute approximate surface area is 148 Å². The monoisotopic (exact) mass is 330 g/mol. The fourth-order valence-corrected chi connectivity index (χ4v) is 2.09.